The summed E-state index contributed by atoms with van der Waals surface area (Å²) in [4.78, 5) is 31.5. The van der Waals surface area contributed by atoms with Crippen LogP contribution < -0.4 is 0 Å². The van der Waals surface area contributed by atoms with E-state index in [9.17, 15) is 14.7 Å². The van der Waals surface area contributed by atoms with E-state index >= 15 is 0 Å². The van der Waals surface area contributed by atoms with Gasteiger partial charge in [-0.25, -0.2) is 0 Å². The fourth-order valence-corrected chi connectivity index (χ4v) is 4.06. The van der Waals surface area contributed by atoms with Gasteiger partial charge in [0.2, 0.25) is 0 Å². The van der Waals surface area contributed by atoms with Crippen LogP contribution in [0.3, 0.4) is 0 Å². The zero-order valence-electron chi connectivity index (χ0n) is 15.6. The Bertz CT molecular complexity index is 1150. The highest BCUT2D eigenvalue weighted by Gasteiger charge is 2.46. The lowest BCUT2D eigenvalue weighted by molar-refractivity contribution is -0.140. The maximum absolute atomic E-state index is 13.0. The number of likely N-dealkylation sites (tertiary alicyclic amines) is 1. The zero-order chi connectivity index (χ0) is 21.3. The van der Waals surface area contributed by atoms with Crippen molar-refractivity contribution in [3.05, 3.63) is 105 Å². The summed E-state index contributed by atoms with van der Waals surface area (Å²) < 4.78 is 0.804. The fourth-order valence-electron chi connectivity index (χ4n) is 3.52. The van der Waals surface area contributed by atoms with Gasteiger partial charge in [-0.2, -0.15) is 0 Å². The van der Waals surface area contributed by atoms with Crippen LogP contribution in [0.1, 0.15) is 22.7 Å². The van der Waals surface area contributed by atoms with E-state index in [4.69, 9.17) is 11.6 Å². The number of Topliss-reactive ketones (excluding diaryl/α,β-unsaturated/α-hetero) is 1. The second kappa shape index (κ2) is 8.42. The van der Waals surface area contributed by atoms with Crippen LogP contribution in [-0.4, -0.2) is 26.7 Å². The van der Waals surface area contributed by atoms with Crippen LogP contribution in [-0.2, 0) is 16.1 Å². The predicted octanol–water partition coefficient (Wildman–Crippen LogP) is 5.12. The molecule has 1 atom stereocenters. The molecule has 150 valence electrons. The van der Waals surface area contributed by atoms with Crippen molar-refractivity contribution >= 4 is 45.0 Å². The number of carbonyl (C=O) groups is 2. The predicted molar refractivity (Wildman–Crippen MR) is 118 cm³/mol. The van der Waals surface area contributed by atoms with Gasteiger partial charge in [0.05, 0.1) is 11.6 Å². The molecule has 4 rings (SSSR count). The van der Waals surface area contributed by atoms with Crippen LogP contribution in [0.2, 0.25) is 5.02 Å². The number of carbonyl (C=O) groups excluding carboxylic acids is 2. The summed E-state index contributed by atoms with van der Waals surface area (Å²) >= 11 is 9.39. The summed E-state index contributed by atoms with van der Waals surface area (Å²) in [5, 5.41) is 11.5. The molecule has 1 N–H and O–H groups in total. The highest BCUT2D eigenvalue weighted by molar-refractivity contribution is 9.10. The summed E-state index contributed by atoms with van der Waals surface area (Å²) in [6.45, 7) is 0.187. The number of pyridine rings is 1. The lowest BCUT2D eigenvalue weighted by atomic mass is 9.95. The Morgan fingerprint density at radius 1 is 1.10 bits per heavy atom. The summed E-state index contributed by atoms with van der Waals surface area (Å²) in [7, 11) is 0. The Morgan fingerprint density at radius 2 is 1.87 bits per heavy atom. The summed E-state index contributed by atoms with van der Waals surface area (Å²) in [6, 6.07) is 16.7. The number of aliphatic hydroxyl groups is 1. The molecule has 1 aromatic heterocycles. The first kappa shape index (κ1) is 20.3. The maximum atomic E-state index is 13.0. The third-order valence-electron chi connectivity index (χ3n) is 4.90. The molecule has 1 aliphatic rings. The fraction of sp³-hybridized carbons (Fsp3) is 0.0870. The molecule has 30 heavy (non-hydrogen) atoms. The molecule has 0 radical (unpaired) electrons. The summed E-state index contributed by atoms with van der Waals surface area (Å²) in [6.07, 6.45) is 3.29. The largest absolute Gasteiger partial charge is 0.507 e. The molecule has 1 aliphatic heterocycles. The number of ketones is 1. The van der Waals surface area contributed by atoms with E-state index in [1.807, 2.05) is 30.3 Å². The van der Waals surface area contributed by atoms with Gasteiger partial charge in [0, 0.05) is 34.0 Å². The first-order valence-electron chi connectivity index (χ1n) is 9.14. The third kappa shape index (κ3) is 3.88. The number of hydrogen-bond acceptors (Lipinski definition) is 4. The molecule has 3 aromatic rings. The maximum Gasteiger partial charge on any atom is 0.295 e. The van der Waals surface area contributed by atoms with E-state index in [2.05, 4.69) is 20.9 Å². The summed E-state index contributed by atoms with van der Waals surface area (Å²) in [5.41, 5.74) is 1.96. The molecule has 1 fully saturated rings. The van der Waals surface area contributed by atoms with Crippen LogP contribution in [0.25, 0.3) is 5.76 Å². The molecule has 1 saturated heterocycles. The van der Waals surface area contributed by atoms with Gasteiger partial charge in [0.1, 0.15) is 5.76 Å². The van der Waals surface area contributed by atoms with Gasteiger partial charge in [-0.15, -0.1) is 0 Å². The molecule has 0 bridgehead atoms. The van der Waals surface area contributed by atoms with Crippen LogP contribution >= 0.6 is 27.5 Å². The number of amides is 1. The Morgan fingerprint density at radius 3 is 2.53 bits per heavy atom. The minimum absolute atomic E-state index is 0.0457. The standard InChI is InChI=1S/C23H16BrClN2O3/c24-17-5-1-4-16(11-17)20-19(21(28)15-6-8-18(25)9-7-15)22(29)23(30)27(20)13-14-3-2-10-26-12-14/h1-12,20,28H,13H2/b21-19+/t20-/m0/s1. The molecule has 1 amide bonds. The van der Waals surface area contributed by atoms with Crippen LogP contribution in [0.4, 0.5) is 0 Å². The van der Waals surface area contributed by atoms with E-state index in [0.717, 1.165) is 10.0 Å². The van der Waals surface area contributed by atoms with Crippen LogP contribution in [0.5, 0.6) is 0 Å². The number of aromatic nitrogens is 1. The SMILES string of the molecule is O=C1C(=O)N(Cc2cccnc2)[C@@H](c2cccc(Br)c2)/C1=C(\O)c1ccc(Cl)cc1. The molecule has 2 aromatic carbocycles. The summed E-state index contributed by atoms with van der Waals surface area (Å²) in [5.74, 6) is -1.63. The molecule has 0 unspecified atom stereocenters. The number of halogens is 2. The van der Waals surface area contributed by atoms with Crippen molar-refractivity contribution in [2.24, 2.45) is 0 Å². The average molecular weight is 484 g/mol. The molecule has 7 heteroatoms. The molecule has 0 aliphatic carbocycles. The number of benzene rings is 2. The highest BCUT2D eigenvalue weighted by Crippen LogP contribution is 2.40. The van der Waals surface area contributed by atoms with Crippen molar-refractivity contribution in [2.45, 2.75) is 12.6 Å². The van der Waals surface area contributed by atoms with Gasteiger partial charge in [0.25, 0.3) is 11.7 Å². The monoisotopic (exact) mass is 482 g/mol. The van der Waals surface area contributed by atoms with E-state index in [0.29, 0.717) is 16.1 Å². The van der Waals surface area contributed by atoms with Crippen molar-refractivity contribution in [2.75, 3.05) is 0 Å². The van der Waals surface area contributed by atoms with Crippen molar-refractivity contribution in [3.63, 3.8) is 0 Å². The average Bonchev–Trinajstić information content (AvgIpc) is 2.99. The second-order valence-electron chi connectivity index (χ2n) is 6.85. The van der Waals surface area contributed by atoms with Crippen LogP contribution in [0.15, 0.2) is 83.1 Å². The van der Waals surface area contributed by atoms with Crippen molar-refractivity contribution in [1.82, 2.24) is 9.88 Å². The van der Waals surface area contributed by atoms with Gasteiger partial charge in [-0.1, -0.05) is 45.7 Å². The quantitative estimate of drug-likeness (QED) is 0.318. The van der Waals surface area contributed by atoms with Gasteiger partial charge in [-0.05, 0) is 53.6 Å². The van der Waals surface area contributed by atoms with Gasteiger partial charge >= 0.3 is 0 Å². The first-order chi connectivity index (χ1) is 14.5. The Kier molecular flexibility index (Phi) is 5.70. The van der Waals surface area contributed by atoms with Gasteiger partial charge in [0.15, 0.2) is 0 Å². The Hall–Kier alpha value is -2.96. The minimum atomic E-state index is -0.738. The lowest BCUT2D eigenvalue weighted by Crippen LogP contribution is -2.29. The molecular formula is C23H16BrClN2O3. The molecular weight excluding hydrogens is 468 g/mol. The topological polar surface area (TPSA) is 70.5 Å². The van der Waals surface area contributed by atoms with Gasteiger partial charge < -0.3 is 10.0 Å². The van der Waals surface area contributed by atoms with Crippen molar-refractivity contribution in [3.8, 4) is 0 Å². The smallest absolute Gasteiger partial charge is 0.295 e. The molecule has 2 heterocycles. The lowest BCUT2D eigenvalue weighted by Gasteiger charge is -2.25. The van der Waals surface area contributed by atoms with E-state index < -0.39 is 17.7 Å². The number of hydrogen-bond donors (Lipinski definition) is 1. The Labute approximate surface area is 186 Å². The second-order valence-corrected chi connectivity index (χ2v) is 8.20. The van der Waals surface area contributed by atoms with Crippen LogP contribution in [0, 0.1) is 0 Å². The first-order valence-corrected chi connectivity index (χ1v) is 10.3. The molecule has 5 nitrogen and oxygen atoms in total. The van der Waals surface area contributed by atoms with E-state index in [1.54, 1.807) is 42.7 Å². The normalized spacial score (nSPS) is 18.1. The third-order valence-corrected chi connectivity index (χ3v) is 5.64. The van der Waals surface area contributed by atoms with Gasteiger partial charge in [-0.3, -0.25) is 14.6 Å². The number of nitrogens with zero attached hydrogens (tertiary/aromatic N) is 2. The zero-order valence-corrected chi connectivity index (χ0v) is 18.0. The molecule has 0 saturated carbocycles. The van der Waals surface area contributed by atoms with Crippen molar-refractivity contribution in [1.29, 1.82) is 0 Å². The van der Waals surface area contributed by atoms with E-state index in [-0.39, 0.29) is 17.9 Å². The Balaban J connectivity index is 1.87. The van der Waals surface area contributed by atoms with E-state index in [1.165, 1.54) is 4.90 Å². The number of aliphatic hydroxyl groups excluding tert-OH is 1. The number of rotatable bonds is 4. The van der Waals surface area contributed by atoms with Crippen molar-refractivity contribution < 1.29 is 14.7 Å². The minimum Gasteiger partial charge on any atom is -0.507 e. The highest BCUT2D eigenvalue weighted by atomic mass is 79.9. The molecule has 0 spiro atoms.